The molecule has 1 aromatic carbocycles. The van der Waals surface area contributed by atoms with E-state index in [1.54, 1.807) is 7.11 Å². The van der Waals surface area contributed by atoms with Crippen molar-refractivity contribution >= 4 is 11.7 Å². The third kappa shape index (κ3) is 3.34. The number of nitrogens with one attached hydrogen (secondary N) is 1. The van der Waals surface area contributed by atoms with Crippen LogP contribution in [0.5, 0.6) is 5.75 Å². The lowest BCUT2D eigenvalue weighted by Gasteiger charge is -2.25. The number of amides is 2. The van der Waals surface area contributed by atoms with Crippen molar-refractivity contribution in [1.82, 2.24) is 10.1 Å². The number of ether oxygens (including phenoxy) is 1. The van der Waals surface area contributed by atoms with Gasteiger partial charge in [0.2, 0.25) is 0 Å². The summed E-state index contributed by atoms with van der Waals surface area (Å²) in [5.74, 6) is 1.53. The van der Waals surface area contributed by atoms with Crippen LogP contribution in [0.3, 0.4) is 0 Å². The maximum atomic E-state index is 12.9. The molecule has 0 aliphatic carbocycles. The molecule has 1 unspecified atom stereocenters. The SMILES string of the molecule is CCc1onc(C)c1C1CCCN1C(=O)Nc1cc(C)ccc1OC. The molecule has 2 aromatic rings. The molecule has 6 heteroatoms. The second kappa shape index (κ2) is 7.17. The summed E-state index contributed by atoms with van der Waals surface area (Å²) < 4.78 is 10.8. The van der Waals surface area contributed by atoms with Gasteiger partial charge in [0.15, 0.2) is 0 Å². The minimum Gasteiger partial charge on any atom is -0.495 e. The Labute approximate surface area is 148 Å². The molecule has 0 spiro atoms. The average molecular weight is 343 g/mol. The molecule has 6 nitrogen and oxygen atoms in total. The molecule has 1 atom stereocenters. The molecule has 2 amide bonds. The van der Waals surface area contributed by atoms with E-state index in [0.29, 0.717) is 11.4 Å². The van der Waals surface area contributed by atoms with Crippen LogP contribution in [0.15, 0.2) is 22.7 Å². The Hall–Kier alpha value is -2.50. The highest BCUT2D eigenvalue weighted by atomic mass is 16.5. The van der Waals surface area contributed by atoms with Gasteiger partial charge in [-0.05, 0) is 44.4 Å². The van der Waals surface area contributed by atoms with E-state index in [-0.39, 0.29) is 12.1 Å². The highest BCUT2D eigenvalue weighted by Crippen LogP contribution is 2.37. The third-order valence-electron chi connectivity index (χ3n) is 4.75. The lowest BCUT2D eigenvalue weighted by atomic mass is 10.0. The van der Waals surface area contributed by atoms with Gasteiger partial charge in [-0.1, -0.05) is 18.1 Å². The molecule has 0 saturated carbocycles. The fraction of sp³-hybridized carbons (Fsp3) is 0.474. The lowest BCUT2D eigenvalue weighted by molar-refractivity contribution is 0.206. The summed E-state index contributed by atoms with van der Waals surface area (Å²) in [6.45, 7) is 6.69. The minimum atomic E-state index is -0.117. The molecule has 25 heavy (non-hydrogen) atoms. The minimum absolute atomic E-state index is 0.0111. The van der Waals surface area contributed by atoms with Gasteiger partial charge in [-0.15, -0.1) is 0 Å². The summed E-state index contributed by atoms with van der Waals surface area (Å²) in [4.78, 5) is 14.8. The summed E-state index contributed by atoms with van der Waals surface area (Å²) in [6.07, 6.45) is 2.66. The van der Waals surface area contributed by atoms with E-state index in [2.05, 4.69) is 10.5 Å². The van der Waals surface area contributed by atoms with Gasteiger partial charge < -0.3 is 19.5 Å². The molecule has 1 saturated heterocycles. The molecule has 3 rings (SSSR count). The molecule has 134 valence electrons. The van der Waals surface area contributed by atoms with E-state index in [0.717, 1.165) is 48.4 Å². The fourth-order valence-electron chi connectivity index (χ4n) is 3.52. The van der Waals surface area contributed by atoms with Crippen LogP contribution in [0.2, 0.25) is 0 Å². The number of aryl methyl sites for hydroxylation is 3. The normalized spacial score (nSPS) is 17.0. The van der Waals surface area contributed by atoms with E-state index in [4.69, 9.17) is 9.26 Å². The lowest BCUT2D eigenvalue weighted by Crippen LogP contribution is -2.35. The van der Waals surface area contributed by atoms with Crippen molar-refractivity contribution in [2.75, 3.05) is 19.0 Å². The molecule has 1 N–H and O–H groups in total. The zero-order chi connectivity index (χ0) is 18.0. The fourth-order valence-corrected chi connectivity index (χ4v) is 3.52. The quantitative estimate of drug-likeness (QED) is 0.902. The van der Waals surface area contributed by atoms with Crippen molar-refractivity contribution in [3.8, 4) is 5.75 Å². The smallest absolute Gasteiger partial charge is 0.322 e. The number of aromatic nitrogens is 1. The van der Waals surface area contributed by atoms with Crippen molar-refractivity contribution in [3.05, 3.63) is 40.8 Å². The van der Waals surface area contributed by atoms with Crippen LogP contribution >= 0.6 is 0 Å². The first kappa shape index (κ1) is 17.3. The molecule has 2 heterocycles. The summed E-state index contributed by atoms with van der Waals surface area (Å²) in [7, 11) is 1.60. The Balaban J connectivity index is 1.84. The number of urea groups is 1. The predicted molar refractivity (Wildman–Crippen MR) is 96.0 cm³/mol. The zero-order valence-corrected chi connectivity index (χ0v) is 15.3. The molecule has 1 aliphatic heterocycles. The predicted octanol–water partition coefficient (Wildman–Crippen LogP) is 4.23. The van der Waals surface area contributed by atoms with Gasteiger partial charge in [-0.25, -0.2) is 4.79 Å². The number of nitrogens with zero attached hydrogens (tertiary/aromatic N) is 2. The van der Waals surface area contributed by atoms with Crippen LogP contribution in [-0.2, 0) is 6.42 Å². The van der Waals surface area contributed by atoms with Gasteiger partial charge in [0.25, 0.3) is 0 Å². The van der Waals surface area contributed by atoms with Gasteiger partial charge >= 0.3 is 6.03 Å². The van der Waals surface area contributed by atoms with Gasteiger partial charge in [-0.2, -0.15) is 0 Å². The number of carbonyl (C=O) groups excluding carboxylic acids is 1. The Morgan fingerprint density at radius 2 is 2.24 bits per heavy atom. The van der Waals surface area contributed by atoms with E-state index in [1.165, 1.54) is 0 Å². The van der Waals surface area contributed by atoms with Crippen molar-refractivity contribution in [1.29, 1.82) is 0 Å². The molecule has 1 aromatic heterocycles. The van der Waals surface area contributed by atoms with E-state index < -0.39 is 0 Å². The van der Waals surface area contributed by atoms with Crippen molar-refractivity contribution in [3.63, 3.8) is 0 Å². The summed E-state index contributed by atoms with van der Waals surface area (Å²) in [5.41, 5.74) is 3.69. The maximum absolute atomic E-state index is 12.9. The standard InChI is InChI=1S/C19H25N3O3/c1-5-16-18(13(3)21-25-16)15-7-6-10-22(15)19(23)20-14-11-12(2)8-9-17(14)24-4/h8-9,11,15H,5-7,10H2,1-4H3,(H,20,23). The highest BCUT2D eigenvalue weighted by Gasteiger charge is 2.34. The Morgan fingerprint density at radius 3 is 2.96 bits per heavy atom. The number of benzene rings is 1. The molecular weight excluding hydrogens is 318 g/mol. The van der Waals surface area contributed by atoms with Crippen molar-refractivity contribution in [2.45, 2.75) is 46.1 Å². The number of likely N-dealkylation sites (tertiary alicyclic amines) is 1. The average Bonchev–Trinajstić information content (AvgIpc) is 3.20. The number of rotatable bonds is 4. The molecular formula is C19H25N3O3. The topological polar surface area (TPSA) is 67.6 Å². The first-order chi connectivity index (χ1) is 12.0. The van der Waals surface area contributed by atoms with Crippen LogP contribution < -0.4 is 10.1 Å². The third-order valence-corrected chi connectivity index (χ3v) is 4.75. The van der Waals surface area contributed by atoms with Crippen LogP contribution in [0.4, 0.5) is 10.5 Å². The zero-order valence-electron chi connectivity index (χ0n) is 15.3. The van der Waals surface area contributed by atoms with Crippen LogP contribution in [0, 0.1) is 13.8 Å². The molecule has 1 aliphatic rings. The number of hydrogen-bond acceptors (Lipinski definition) is 4. The molecule has 0 radical (unpaired) electrons. The van der Waals surface area contributed by atoms with Crippen molar-refractivity contribution in [2.24, 2.45) is 0 Å². The second-order valence-corrected chi connectivity index (χ2v) is 6.44. The van der Waals surface area contributed by atoms with Crippen LogP contribution in [0.1, 0.15) is 48.4 Å². The van der Waals surface area contributed by atoms with Gasteiger partial charge in [-0.3, -0.25) is 0 Å². The second-order valence-electron chi connectivity index (χ2n) is 6.44. The Bertz CT molecular complexity index is 769. The highest BCUT2D eigenvalue weighted by molar-refractivity contribution is 5.91. The van der Waals surface area contributed by atoms with Gasteiger partial charge in [0.1, 0.15) is 11.5 Å². The summed E-state index contributed by atoms with van der Waals surface area (Å²) >= 11 is 0. The Morgan fingerprint density at radius 1 is 1.44 bits per heavy atom. The molecule has 1 fully saturated rings. The number of carbonyl (C=O) groups is 1. The first-order valence-corrected chi connectivity index (χ1v) is 8.72. The first-order valence-electron chi connectivity index (χ1n) is 8.72. The number of anilines is 1. The Kier molecular flexibility index (Phi) is 4.97. The largest absolute Gasteiger partial charge is 0.495 e. The van der Waals surface area contributed by atoms with Crippen LogP contribution in [0.25, 0.3) is 0 Å². The van der Waals surface area contributed by atoms with Gasteiger partial charge in [0.05, 0.1) is 24.5 Å². The number of methoxy groups -OCH3 is 1. The maximum Gasteiger partial charge on any atom is 0.322 e. The molecule has 0 bridgehead atoms. The van der Waals surface area contributed by atoms with Crippen LogP contribution in [-0.4, -0.2) is 29.7 Å². The monoisotopic (exact) mass is 343 g/mol. The summed E-state index contributed by atoms with van der Waals surface area (Å²) in [5, 5.41) is 7.10. The number of hydrogen-bond donors (Lipinski definition) is 1. The van der Waals surface area contributed by atoms with E-state index >= 15 is 0 Å². The van der Waals surface area contributed by atoms with Gasteiger partial charge in [0, 0.05) is 18.5 Å². The van der Waals surface area contributed by atoms with E-state index in [9.17, 15) is 4.79 Å². The van der Waals surface area contributed by atoms with E-state index in [1.807, 2.05) is 43.9 Å². The summed E-state index contributed by atoms with van der Waals surface area (Å²) in [6, 6.07) is 5.64. The van der Waals surface area contributed by atoms with Crippen molar-refractivity contribution < 1.29 is 14.1 Å².